The van der Waals surface area contributed by atoms with Crippen molar-refractivity contribution in [1.29, 1.82) is 0 Å². The molecule has 1 aromatic heterocycles. The van der Waals surface area contributed by atoms with Crippen LogP contribution in [0.3, 0.4) is 0 Å². The Morgan fingerprint density at radius 1 is 1.45 bits per heavy atom. The molecular formula is C15H15ClFN3O2. The molecule has 0 bridgehead atoms. The minimum Gasteiger partial charge on any atom is -0.339 e. The highest BCUT2D eigenvalue weighted by Crippen LogP contribution is 2.35. The summed E-state index contributed by atoms with van der Waals surface area (Å²) >= 11 is 6.07. The third-order valence-corrected chi connectivity index (χ3v) is 3.97. The van der Waals surface area contributed by atoms with E-state index in [1.165, 1.54) is 23.1 Å². The number of halogens is 2. The molecule has 116 valence electrons. The Hall–Kier alpha value is -1.95. The fraction of sp³-hybridized carbons (Fsp3) is 0.400. The molecule has 1 saturated heterocycles. The average Bonchev–Trinajstić information content (AvgIpc) is 3.08. The number of nitrogens with zero attached hydrogens (tertiary/aromatic N) is 3. The maximum absolute atomic E-state index is 13.4. The maximum Gasteiger partial charge on any atom is 0.232 e. The van der Waals surface area contributed by atoms with Crippen molar-refractivity contribution in [3.63, 3.8) is 0 Å². The number of hydrogen-bond acceptors (Lipinski definition) is 4. The van der Waals surface area contributed by atoms with E-state index in [0.29, 0.717) is 29.0 Å². The van der Waals surface area contributed by atoms with E-state index in [1.807, 2.05) is 13.8 Å². The van der Waals surface area contributed by atoms with Crippen LogP contribution in [0.25, 0.3) is 0 Å². The molecule has 0 spiro atoms. The summed E-state index contributed by atoms with van der Waals surface area (Å²) in [7, 11) is 0. The van der Waals surface area contributed by atoms with E-state index in [2.05, 4.69) is 10.1 Å². The van der Waals surface area contributed by atoms with E-state index in [-0.39, 0.29) is 24.2 Å². The van der Waals surface area contributed by atoms with Crippen LogP contribution in [0.15, 0.2) is 22.7 Å². The van der Waals surface area contributed by atoms with Crippen molar-refractivity contribution in [1.82, 2.24) is 10.1 Å². The van der Waals surface area contributed by atoms with E-state index >= 15 is 0 Å². The monoisotopic (exact) mass is 323 g/mol. The van der Waals surface area contributed by atoms with Gasteiger partial charge in [0.25, 0.3) is 0 Å². The van der Waals surface area contributed by atoms with Gasteiger partial charge in [-0.3, -0.25) is 4.79 Å². The molecule has 1 amide bonds. The van der Waals surface area contributed by atoms with Crippen LogP contribution < -0.4 is 4.90 Å². The molecule has 5 nitrogen and oxygen atoms in total. The number of benzene rings is 1. The van der Waals surface area contributed by atoms with E-state index < -0.39 is 5.82 Å². The van der Waals surface area contributed by atoms with Crippen molar-refractivity contribution in [2.45, 2.75) is 32.1 Å². The van der Waals surface area contributed by atoms with Gasteiger partial charge in [0.05, 0.1) is 16.6 Å². The molecule has 3 rings (SSSR count). The summed E-state index contributed by atoms with van der Waals surface area (Å²) in [4.78, 5) is 18.0. The van der Waals surface area contributed by atoms with Crippen LogP contribution in [0.2, 0.25) is 5.02 Å². The molecule has 2 aromatic rings. The van der Waals surface area contributed by atoms with Crippen LogP contribution in [0, 0.1) is 5.82 Å². The van der Waals surface area contributed by atoms with Crippen molar-refractivity contribution >= 4 is 23.2 Å². The first-order chi connectivity index (χ1) is 10.5. The first kappa shape index (κ1) is 15.0. The Bertz CT molecular complexity index is 717. The Kier molecular flexibility index (Phi) is 3.87. The molecule has 7 heteroatoms. The van der Waals surface area contributed by atoms with Gasteiger partial charge in [0.1, 0.15) is 5.82 Å². The summed E-state index contributed by atoms with van der Waals surface area (Å²) in [6, 6.07) is 3.96. The number of carbonyl (C=O) groups is 1. The molecule has 0 saturated carbocycles. The third kappa shape index (κ3) is 2.70. The van der Waals surface area contributed by atoms with E-state index in [1.54, 1.807) is 0 Å². The zero-order valence-electron chi connectivity index (χ0n) is 12.2. The lowest BCUT2D eigenvalue weighted by Gasteiger charge is -2.17. The van der Waals surface area contributed by atoms with Gasteiger partial charge in [-0.05, 0) is 18.2 Å². The Labute approximate surface area is 132 Å². The Balaban J connectivity index is 1.85. The number of anilines is 1. The summed E-state index contributed by atoms with van der Waals surface area (Å²) in [6.45, 7) is 4.28. The number of aromatic nitrogens is 2. The number of hydrogen-bond donors (Lipinski definition) is 0. The fourth-order valence-electron chi connectivity index (χ4n) is 2.45. The molecule has 0 aliphatic carbocycles. The standard InChI is InChI=1S/C15H15ClFN3O2/c1-8(2)14-18-15(22-19-14)9-5-13(21)20(7-9)12-6-10(17)3-4-11(12)16/h3-4,6,8-9H,5,7H2,1-2H3. The predicted molar refractivity (Wildman–Crippen MR) is 79.5 cm³/mol. The molecule has 22 heavy (non-hydrogen) atoms. The number of rotatable bonds is 3. The van der Waals surface area contributed by atoms with Gasteiger partial charge in [0.15, 0.2) is 5.82 Å². The van der Waals surface area contributed by atoms with Crippen molar-refractivity contribution in [2.75, 3.05) is 11.4 Å². The topological polar surface area (TPSA) is 59.2 Å². The lowest BCUT2D eigenvalue weighted by atomic mass is 10.1. The van der Waals surface area contributed by atoms with Crippen LogP contribution in [0.4, 0.5) is 10.1 Å². The lowest BCUT2D eigenvalue weighted by Crippen LogP contribution is -2.24. The molecule has 2 heterocycles. The average molecular weight is 324 g/mol. The first-order valence-electron chi connectivity index (χ1n) is 7.04. The zero-order valence-corrected chi connectivity index (χ0v) is 13.0. The van der Waals surface area contributed by atoms with Crippen molar-refractivity contribution < 1.29 is 13.7 Å². The Morgan fingerprint density at radius 2 is 2.23 bits per heavy atom. The summed E-state index contributed by atoms with van der Waals surface area (Å²) in [5.74, 6) is 0.435. The van der Waals surface area contributed by atoms with Crippen LogP contribution in [-0.4, -0.2) is 22.6 Å². The van der Waals surface area contributed by atoms with Crippen LogP contribution in [0.5, 0.6) is 0 Å². The van der Waals surface area contributed by atoms with Gasteiger partial charge in [0, 0.05) is 18.9 Å². The largest absolute Gasteiger partial charge is 0.339 e. The van der Waals surface area contributed by atoms with Crippen LogP contribution in [-0.2, 0) is 4.79 Å². The fourth-order valence-corrected chi connectivity index (χ4v) is 2.67. The highest BCUT2D eigenvalue weighted by molar-refractivity contribution is 6.33. The quantitative estimate of drug-likeness (QED) is 0.867. The minimum atomic E-state index is -0.435. The van der Waals surface area contributed by atoms with Crippen molar-refractivity contribution in [3.8, 4) is 0 Å². The maximum atomic E-state index is 13.4. The molecule has 1 atom stereocenters. The van der Waals surface area contributed by atoms with Crippen molar-refractivity contribution in [2.24, 2.45) is 0 Å². The first-order valence-corrected chi connectivity index (χ1v) is 7.42. The van der Waals surface area contributed by atoms with Gasteiger partial charge in [0.2, 0.25) is 11.8 Å². The predicted octanol–water partition coefficient (Wildman–Crippen LogP) is 3.51. The second-order valence-corrected chi connectivity index (χ2v) is 6.05. The third-order valence-electron chi connectivity index (χ3n) is 3.65. The summed E-state index contributed by atoms with van der Waals surface area (Å²) in [6.07, 6.45) is 0.243. The van der Waals surface area contributed by atoms with Gasteiger partial charge < -0.3 is 9.42 Å². The van der Waals surface area contributed by atoms with Gasteiger partial charge in [-0.25, -0.2) is 4.39 Å². The highest BCUT2D eigenvalue weighted by atomic mass is 35.5. The van der Waals surface area contributed by atoms with Gasteiger partial charge in [-0.1, -0.05) is 30.6 Å². The van der Waals surface area contributed by atoms with Crippen LogP contribution in [0.1, 0.15) is 43.8 Å². The van der Waals surface area contributed by atoms with Crippen molar-refractivity contribution in [3.05, 3.63) is 40.8 Å². The highest BCUT2D eigenvalue weighted by Gasteiger charge is 2.36. The summed E-state index contributed by atoms with van der Waals surface area (Å²) < 4.78 is 18.7. The lowest BCUT2D eigenvalue weighted by molar-refractivity contribution is -0.117. The summed E-state index contributed by atoms with van der Waals surface area (Å²) in [5.41, 5.74) is 0.373. The van der Waals surface area contributed by atoms with Gasteiger partial charge in [-0.2, -0.15) is 4.98 Å². The Morgan fingerprint density at radius 3 is 2.91 bits per heavy atom. The number of carbonyl (C=O) groups excluding carboxylic acids is 1. The normalized spacial score (nSPS) is 18.5. The van der Waals surface area contributed by atoms with Gasteiger partial charge >= 0.3 is 0 Å². The molecule has 1 aliphatic rings. The van der Waals surface area contributed by atoms with Crippen LogP contribution >= 0.6 is 11.6 Å². The second-order valence-electron chi connectivity index (χ2n) is 5.65. The molecule has 1 fully saturated rings. The van der Waals surface area contributed by atoms with E-state index in [0.717, 1.165) is 0 Å². The van der Waals surface area contributed by atoms with E-state index in [9.17, 15) is 9.18 Å². The molecule has 1 unspecified atom stereocenters. The SMILES string of the molecule is CC(C)c1noc(C2CC(=O)N(c3cc(F)ccc3Cl)C2)n1. The van der Waals surface area contributed by atoms with E-state index in [4.69, 9.17) is 16.1 Å². The van der Waals surface area contributed by atoms with Gasteiger partial charge in [-0.15, -0.1) is 0 Å². The number of amides is 1. The second kappa shape index (κ2) is 5.68. The summed E-state index contributed by atoms with van der Waals surface area (Å²) in [5, 5.41) is 4.25. The smallest absolute Gasteiger partial charge is 0.232 e. The zero-order chi connectivity index (χ0) is 15.9. The molecule has 1 aromatic carbocycles. The molecule has 1 aliphatic heterocycles. The molecule has 0 N–H and O–H groups in total. The molecule has 0 radical (unpaired) electrons. The molecular weight excluding hydrogens is 309 g/mol. The minimum absolute atomic E-state index is 0.137.